The van der Waals surface area contributed by atoms with Gasteiger partial charge >= 0.3 is 0 Å². The van der Waals surface area contributed by atoms with Gasteiger partial charge in [-0.1, -0.05) is 43.3 Å². The summed E-state index contributed by atoms with van der Waals surface area (Å²) >= 11 is 0. The highest BCUT2D eigenvalue weighted by atomic mass is 32.2. The standard InChI is InChI=1S/C22H19F2N3O3S.H2/c1-13(15-7-3-4-8-16(15)23)20-17(24)10-11-19-21(20)26-22(27-31(19,29)30)25-12-14-6-2-5-9-18(14)28;/h2-11,13,28H,12H2,1H3,(H2,25,26,27);1H/t13-;/m0./s1. The van der Waals surface area contributed by atoms with Crippen molar-refractivity contribution in [3.05, 3.63) is 89.0 Å². The largest absolute Gasteiger partial charge is 0.508 e. The number of guanidine groups is 1. The molecule has 0 aromatic heterocycles. The number of rotatable bonds is 4. The number of halogens is 2. The number of aromatic hydroxyl groups is 1. The molecule has 3 aromatic carbocycles. The predicted molar refractivity (Wildman–Crippen MR) is 116 cm³/mol. The lowest BCUT2D eigenvalue weighted by Crippen LogP contribution is -2.41. The Hall–Kier alpha value is -3.46. The van der Waals surface area contributed by atoms with Crippen molar-refractivity contribution in [2.45, 2.75) is 24.3 Å². The number of phenols is 1. The zero-order valence-corrected chi connectivity index (χ0v) is 17.2. The van der Waals surface area contributed by atoms with Crippen molar-refractivity contribution in [3.63, 3.8) is 0 Å². The quantitative estimate of drug-likeness (QED) is 0.558. The number of phenolic OH excluding ortho intramolecular Hbond substituents is 1. The molecule has 0 radical (unpaired) electrons. The van der Waals surface area contributed by atoms with Gasteiger partial charge in [-0.05, 0) is 29.8 Å². The molecule has 1 aliphatic rings. The van der Waals surface area contributed by atoms with Gasteiger partial charge in [0.15, 0.2) is 0 Å². The molecule has 0 saturated heterocycles. The second-order valence-corrected chi connectivity index (χ2v) is 8.75. The molecule has 0 spiro atoms. The van der Waals surface area contributed by atoms with Crippen molar-refractivity contribution in [2.75, 3.05) is 5.32 Å². The third-order valence-corrected chi connectivity index (χ3v) is 6.50. The van der Waals surface area contributed by atoms with Gasteiger partial charge in [-0.3, -0.25) is 0 Å². The molecule has 31 heavy (non-hydrogen) atoms. The Labute approximate surface area is 179 Å². The molecule has 0 unspecified atom stereocenters. The van der Waals surface area contributed by atoms with E-state index >= 15 is 0 Å². The zero-order valence-electron chi connectivity index (χ0n) is 16.4. The highest BCUT2D eigenvalue weighted by molar-refractivity contribution is 7.90. The molecule has 0 saturated carbocycles. The number of nitrogens with one attached hydrogen (secondary N) is 2. The van der Waals surface area contributed by atoms with E-state index in [1.165, 1.54) is 24.3 Å². The first-order valence-electron chi connectivity index (χ1n) is 9.46. The van der Waals surface area contributed by atoms with Crippen LogP contribution in [0.1, 0.15) is 31.0 Å². The van der Waals surface area contributed by atoms with Gasteiger partial charge in [0.1, 0.15) is 22.3 Å². The number of para-hydroxylation sites is 1. The van der Waals surface area contributed by atoms with Gasteiger partial charge in [0.2, 0.25) is 5.96 Å². The Morgan fingerprint density at radius 1 is 1.03 bits per heavy atom. The summed E-state index contributed by atoms with van der Waals surface area (Å²) in [6.07, 6.45) is 0. The highest BCUT2D eigenvalue weighted by Crippen LogP contribution is 2.38. The first-order chi connectivity index (χ1) is 14.8. The summed E-state index contributed by atoms with van der Waals surface area (Å²) in [6.45, 7) is 1.59. The van der Waals surface area contributed by atoms with E-state index in [9.17, 15) is 22.3 Å². The Balaban J connectivity index is 0.00000289. The molecule has 6 nitrogen and oxygen atoms in total. The third-order valence-electron chi connectivity index (χ3n) is 5.12. The molecule has 0 amide bonds. The van der Waals surface area contributed by atoms with E-state index in [4.69, 9.17) is 0 Å². The molecule has 0 bridgehead atoms. The van der Waals surface area contributed by atoms with Crippen LogP contribution < -0.4 is 10.0 Å². The van der Waals surface area contributed by atoms with Crippen LogP contribution in [0.15, 0.2) is 70.6 Å². The zero-order chi connectivity index (χ0) is 22.2. The number of sulfonamides is 1. The maximum atomic E-state index is 14.9. The molecular weight excluding hydrogens is 424 g/mol. The molecule has 0 aliphatic carbocycles. The summed E-state index contributed by atoms with van der Waals surface area (Å²) in [6, 6.07) is 14.7. The van der Waals surface area contributed by atoms with E-state index in [0.717, 1.165) is 12.1 Å². The van der Waals surface area contributed by atoms with Crippen LogP contribution >= 0.6 is 0 Å². The summed E-state index contributed by atoms with van der Waals surface area (Å²) in [4.78, 5) is 4.03. The van der Waals surface area contributed by atoms with Crippen LogP contribution in [-0.4, -0.2) is 19.5 Å². The Bertz CT molecular complexity index is 1300. The lowest BCUT2D eigenvalue weighted by atomic mass is 9.91. The Kier molecular flexibility index (Phi) is 5.36. The van der Waals surface area contributed by atoms with Crippen molar-refractivity contribution in [1.29, 1.82) is 0 Å². The number of hydrogen-bond donors (Lipinski definition) is 3. The van der Waals surface area contributed by atoms with E-state index in [-0.39, 0.29) is 41.4 Å². The van der Waals surface area contributed by atoms with Gasteiger partial charge in [0.05, 0.1) is 12.2 Å². The molecule has 1 aliphatic heterocycles. The van der Waals surface area contributed by atoms with E-state index < -0.39 is 27.6 Å². The molecule has 3 aromatic rings. The van der Waals surface area contributed by atoms with Crippen molar-refractivity contribution in [2.24, 2.45) is 4.99 Å². The molecule has 1 heterocycles. The topological polar surface area (TPSA) is 90.8 Å². The monoisotopic (exact) mass is 445 g/mol. The summed E-state index contributed by atoms with van der Waals surface area (Å²) in [5, 5.41) is 12.7. The van der Waals surface area contributed by atoms with Gasteiger partial charge in [0.25, 0.3) is 10.0 Å². The number of aliphatic imine (C=N–C) groups is 1. The van der Waals surface area contributed by atoms with Crippen molar-refractivity contribution in [3.8, 4) is 5.75 Å². The second-order valence-electron chi connectivity index (χ2n) is 7.10. The molecular formula is C22H21F2N3O3S. The van der Waals surface area contributed by atoms with Crippen LogP contribution in [0, 0.1) is 11.6 Å². The maximum Gasteiger partial charge on any atom is 0.266 e. The number of fused-ring (bicyclic) bond motifs is 1. The number of nitrogens with zero attached hydrogens (tertiary/aromatic N) is 1. The minimum atomic E-state index is -4.04. The van der Waals surface area contributed by atoms with Crippen LogP contribution in [-0.2, 0) is 16.6 Å². The van der Waals surface area contributed by atoms with E-state index in [1.807, 2.05) is 0 Å². The van der Waals surface area contributed by atoms with E-state index in [0.29, 0.717) is 5.56 Å². The molecule has 1 atom stereocenters. The summed E-state index contributed by atoms with van der Waals surface area (Å²) in [5.41, 5.74) is 0.745. The fourth-order valence-electron chi connectivity index (χ4n) is 3.54. The second kappa shape index (κ2) is 7.99. The van der Waals surface area contributed by atoms with Gasteiger partial charge in [-0.2, -0.15) is 0 Å². The normalized spacial score (nSPS) is 16.8. The number of anilines is 1. The van der Waals surface area contributed by atoms with E-state index in [1.54, 1.807) is 31.2 Å². The molecule has 0 fully saturated rings. The SMILES string of the molecule is C[C@@H](c1ccccc1F)c1c(F)ccc2c1NC(=NCc1ccccc1O)NS2(=O)=O.[HH]. The lowest BCUT2D eigenvalue weighted by Gasteiger charge is -2.26. The third kappa shape index (κ3) is 3.96. The fraction of sp³-hybridized carbons (Fsp3) is 0.136. The fourth-order valence-corrected chi connectivity index (χ4v) is 4.70. The Morgan fingerprint density at radius 2 is 1.74 bits per heavy atom. The van der Waals surface area contributed by atoms with Gasteiger partial charge in [-0.15, -0.1) is 0 Å². The van der Waals surface area contributed by atoms with Crippen LogP contribution in [0.25, 0.3) is 0 Å². The van der Waals surface area contributed by atoms with E-state index in [2.05, 4.69) is 15.0 Å². The number of benzene rings is 3. The number of hydrogen-bond acceptors (Lipinski definition) is 4. The first-order valence-corrected chi connectivity index (χ1v) is 10.9. The minimum Gasteiger partial charge on any atom is -0.508 e. The van der Waals surface area contributed by atoms with Gasteiger partial charge < -0.3 is 10.4 Å². The molecule has 3 N–H and O–H groups in total. The maximum absolute atomic E-state index is 14.9. The van der Waals surface area contributed by atoms with Crippen molar-refractivity contribution < 1.29 is 23.7 Å². The smallest absolute Gasteiger partial charge is 0.266 e. The van der Waals surface area contributed by atoms with Crippen LogP contribution in [0.4, 0.5) is 14.5 Å². The molecule has 162 valence electrons. The predicted octanol–water partition coefficient (Wildman–Crippen LogP) is 4.33. The average molecular weight is 445 g/mol. The Morgan fingerprint density at radius 3 is 2.48 bits per heavy atom. The van der Waals surface area contributed by atoms with Crippen molar-refractivity contribution >= 4 is 21.7 Å². The molecule has 9 heteroatoms. The summed E-state index contributed by atoms with van der Waals surface area (Å²) in [7, 11) is -4.04. The van der Waals surface area contributed by atoms with Gasteiger partial charge in [0, 0.05) is 18.5 Å². The minimum absolute atomic E-state index is 0. The van der Waals surface area contributed by atoms with Gasteiger partial charge in [-0.25, -0.2) is 26.9 Å². The first kappa shape index (κ1) is 20.8. The average Bonchev–Trinajstić information content (AvgIpc) is 2.72. The molecule has 4 rings (SSSR count). The summed E-state index contributed by atoms with van der Waals surface area (Å²) in [5.74, 6) is -2.05. The highest BCUT2D eigenvalue weighted by Gasteiger charge is 2.32. The van der Waals surface area contributed by atoms with Crippen LogP contribution in [0.3, 0.4) is 0 Å². The van der Waals surface area contributed by atoms with Crippen LogP contribution in [0.5, 0.6) is 5.75 Å². The summed E-state index contributed by atoms with van der Waals surface area (Å²) < 4.78 is 57.1. The lowest BCUT2D eigenvalue weighted by molar-refractivity contribution is 0.468. The van der Waals surface area contributed by atoms with Crippen molar-refractivity contribution in [1.82, 2.24) is 4.72 Å². The van der Waals surface area contributed by atoms with Crippen LogP contribution in [0.2, 0.25) is 0 Å².